The van der Waals surface area contributed by atoms with E-state index in [9.17, 15) is 4.79 Å². The molecule has 2 heterocycles. The highest BCUT2D eigenvalue weighted by atomic mass is 32.1. The highest BCUT2D eigenvalue weighted by Gasteiger charge is 2.28. The largest absolute Gasteiger partial charge is 0.292 e. The van der Waals surface area contributed by atoms with Crippen molar-refractivity contribution in [3.63, 3.8) is 0 Å². The normalized spacial score (nSPS) is 15.3. The van der Waals surface area contributed by atoms with E-state index in [1.165, 1.54) is 24.2 Å². The summed E-state index contributed by atoms with van der Waals surface area (Å²) in [6, 6.07) is 0. The Labute approximate surface area is 97.0 Å². The number of hydrogen-bond acceptors (Lipinski definition) is 4. The second-order valence-corrected chi connectivity index (χ2v) is 4.85. The number of nitrogens with zero attached hydrogens (tertiary/aromatic N) is 3. The van der Waals surface area contributed by atoms with E-state index in [4.69, 9.17) is 0 Å². The average Bonchev–Trinajstić information content (AvgIpc) is 2.83. The van der Waals surface area contributed by atoms with Gasteiger partial charge in [-0.15, -0.1) is 11.3 Å². The lowest BCUT2D eigenvalue weighted by Gasteiger charge is -2.01. The Kier molecular flexibility index (Phi) is 2.14. The maximum absolute atomic E-state index is 11.2. The summed E-state index contributed by atoms with van der Waals surface area (Å²) >= 11 is 1.39. The monoisotopic (exact) mass is 233 g/mol. The molecule has 0 saturated heterocycles. The van der Waals surface area contributed by atoms with Crippen molar-refractivity contribution >= 4 is 17.1 Å². The number of thiazole rings is 1. The van der Waals surface area contributed by atoms with Gasteiger partial charge in [0.1, 0.15) is 11.6 Å². The minimum absolute atomic E-state index is 0.0179. The molecular formula is C11H11N3OS. The lowest BCUT2D eigenvalue weighted by atomic mass is 10.4. The number of hydrogen-bond donors (Lipinski definition) is 0. The third-order valence-corrected chi connectivity index (χ3v) is 3.58. The predicted molar refractivity (Wildman–Crippen MR) is 61.2 cm³/mol. The molecule has 82 valence electrons. The fraction of sp³-hybridized carbons (Fsp3) is 0.364. The van der Waals surface area contributed by atoms with Crippen LogP contribution in [-0.2, 0) is 0 Å². The van der Waals surface area contributed by atoms with Crippen LogP contribution in [0.2, 0.25) is 0 Å². The van der Waals surface area contributed by atoms with Gasteiger partial charge in [-0.3, -0.25) is 9.36 Å². The van der Waals surface area contributed by atoms with Gasteiger partial charge in [0.25, 0.3) is 0 Å². The molecule has 0 unspecified atom stereocenters. The summed E-state index contributed by atoms with van der Waals surface area (Å²) in [5.74, 6) is 2.48. The Balaban J connectivity index is 2.00. The SMILES string of the molecule is CC(=O)c1nc(-n2ccnc2C2CC2)cs1. The summed E-state index contributed by atoms with van der Waals surface area (Å²) in [5, 5.41) is 2.47. The van der Waals surface area contributed by atoms with Crippen molar-refractivity contribution in [3.05, 3.63) is 28.6 Å². The minimum atomic E-state index is 0.0179. The molecule has 2 aromatic heterocycles. The third-order valence-electron chi connectivity index (χ3n) is 2.65. The molecule has 4 nitrogen and oxygen atoms in total. The first kappa shape index (κ1) is 9.72. The van der Waals surface area contributed by atoms with Crippen LogP contribution in [0.15, 0.2) is 17.8 Å². The standard InChI is InChI=1S/C11H11N3OS/c1-7(15)11-13-9(6-16-11)14-5-4-12-10(14)8-2-3-8/h4-6,8H,2-3H2,1H3. The summed E-state index contributed by atoms with van der Waals surface area (Å²) in [5.41, 5.74) is 0. The molecule has 5 heteroatoms. The van der Waals surface area contributed by atoms with Crippen LogP contribution in [-0.4, -0.2) is 20.3 Å². The van der Waals surface area contributed by atoms with Crippen molar-refractivity contribution < 1.29 is 4.79 Å². The number of Topliss-reactive ketones (excluding diaryl/α,β-unsaturated/α-hetero) is 1. The fourth-order valence-electron chi connectivity index (χ4n) is 1.69. The zero-order valence-corrected chi connectivity index (χ0v) is 9.70. The molecule has 0 spiro atoms. The third kappa shape index (κ3) is 1.57. The first-order valence-corrected chi connectivity index (χ1v) is 6.14. The van der Waals surface area contributed by atoms with Crippen molar-refractivity contribution in [2.24, 2.45) is 0 Å². The number of aromatic nitrogens is 3. The number of ketones is 1. The molecule has 0 bridgehead atoms. The molecule has 3 rings (SSSR count). The summed E-state index contributed by atoms with van der Waals surface area (Å²) in [6.07, 6.45) is 6.12. The second-order valence-electron chi connectivity index (χ2n) is 4.00. The van der Waals surface area contributed by atoms with Gasteiger partial charge < -0.3 is 0 Å². The van der Waals surface area contributed by atoms with Gasteiger partial charge in [-0.2, -0.15) is 0 Å². The van der Waals surface area contributed by atoms with E-state index in [0.717, 1.165) is 11.6 Å². The summed E-state index contributed by atoms with van der Waals surface area (Å²) in [7, 11) is 0. The molecule has 0 radical (unpaired) electrons. The number of rotatable bonds is 3. The maximum atomic E-state index is 11.2. The lowest BCUT2D eigenvalue weighted by molar-refractivity contribution is 0.101. The summed E-state index contributed by atoms with van der Waals surface area (Å²) in [6.45, 7) is 1.54. The fourth-order valence-corrected chi connectivity index (χ4v) is 2.39. The van der Waals surface area contributed by atoms with Gasteiger partial charge in [-0.1, -0.05) is 0 Å². The Morgan fingerprint density at radius 1 is 1.56 bits per heavy atom. The molecule has 1 fully saturated rings. The van der Waals surface area contributed by atoms with Gasteiger partial charge >= 0.3 is 0 Å². The van der Waals surface area contributed by atoms with Crippen LogP contribution in [0.5, 0.6) is 0 Å². The average molecular weight is 233 g/mol. The van der Waals surface area contributed by atoms with E-state index in [0.29, 0.717) is 10.9 Å². The molecule has 1 saturated carbocycles. The number of imidazole rings is 1. The lowest BCUT2D eigenvalue weighted by Crippen LogP contribution is -2.00. The van der Waals surface area contributed by atoms with E-state index < -0.39 is 0 Å². The number of carbonyl (C=O) groups excluding carboxylic acids is 1. The van der Waals surface area contributed by atoms with E-state index in [2.05, 4.69) is 9.97 Å². The van der Waals surface area contributed by atoms with E-state index in [1.54, 1.807) is 13.1 Å². The predicted octanol–water partition coefficient (Wildman–Crippen LogP) is 2.41. The first-order valence-electron chi connectivity index (χ1n) is 5.26. The molecule has 0 amide bonds. The summed E-state index contributed by atoms with van der Waals surface area (Å²) < 4.78 is 1.99. The highest BCUT2D eigenvalue weighted by Crippen LogP contribution is 2.39. The van der Waals surface area contributed by atoms with Gasteiger partial charge in [0.15, 0.2) is 10.8 Å². The van der Waals surface area contributed by atoms with Crippen LogP contribution in [0.4, 0.5) is 0 Å². The van der Waals surface area contributed by atoms with Crippen LogP contribution in [0.1, 0.15) is 41.3 Å². The summed E-state index contributed by atoms with van der Waals surface area (Å²) in [4.78, 5) is 19.8. The minimum Gasteiger partial charge on any atom is -0.292 e. The molecular weight excluding hydrogens is 222 g/mol. The molecule has 0 N–H and O–H groups in total. The van der Waals surface area contributed by atoms with E-state index in [-0.39, 0.29) is 5.78 Å². The molecule has 0 aromatic carbocycles. The Morgan fingerprint density at radius 2 is 2.38 bits per heavy atom. The maximum Gasteiger partial charge on any atom is 0.188 e. The molecule has 2 aromatic rings. The topological polar surface area (TPSA) is 47.8 Å². The molecule has 0 atom stereocenters. The zero-order chi connectivity index (χ0) is 11.1. The van der Waals surface area contributed by atoms with Crippen LogP contribution >= 0.6 is 11.3 Å². The Bertz CT molecular complexity index is 539. The van der Waals surface area contributed by atoms with E-state index in [1.807, 2.05) is 16.1 Å². The van der Waals surface area contributed by atoms with Crippen LogP contribution in [0.25, 0.3) is 5.82 Å². The van der Waals surface area contributed by atoms with E-state index >= 15 is 0 Å². The van der Waals surface area contributed by atoms with Gasteiger partial charge in [0.05, 0.1) is 0 Å². The van der Waals surface area contributed by atoms with Crippen molar-refractivity contribution in [1.82, 2.24) is 14.5 Å². The van der Waals surface area contributed by atoms with Crippen molar-refractivity contribution in [2.45, 2.75) is 25.7 Å². The zero-order valence-electron chi connectivity index (χ0n) is 8.88. The van der Waals surface area contributed by atoms with Crippen LogP contribution in [0.3, 0.4) is 0 Å². The molecule has 1 aliphatic carbocycles. The smallest absolute Gasteiger partial charge is 0.188 e. The van der Waals surface area contributed by atoms with Gasteiger partial charge in [-0.25, -0.2) is 9.97 Å². The highest BCUT2D eigenvalue weighted by molar-refractivity contribution is 7.11. The first-order chi connectivity index (χ1) is 7.75. The quantitative estimate of drug-likeness (QED) is 0.765. The van der Waals surface area contributed by atoms with Gasteiger partial charge in [0.2, 0.25) is 0 Å². The van der Waals surface area contributed by atoms with Crippen LogP contribution in [0, 0.1) is 0 Å². The van der Waals surface area contributed by atoms with Gasteiger partial charge in [-0.05, 0) is 12.8 Å². The van der Waals surface area contributed by atoms with Crippen molar-refractivity contribution in [2.75, 3.05) is 0 Å². The second kappa shape index (κ2) is 3.52. The Hall–Kier alpha value is -1.49. The van der Waals surface area contributed by atoms with Gasteiger partial charge in [0, 0.05) is 30.6 Å². The number of carbonyl (C=O) groups is 1. The van der Waals surface area contributed by atoms with Crippen molar-refractivity contribution in [3.8, 4) is 5.82 Å². The molecule has 1 aliphatic rings. The van der Waals surface area contributed by atoms with Crippen molar-refractivity contribution in [1.29, 1.82) is 0 Å². The molecule has 0 aliphatic heterocycles. The van der Waals surface area contributed by atoms with Crippen LogP contribution < -0.4 is 0 Å². The Morgan fingerprint density at radius 3 is 3.00 bits per heavy atom. The molecule has 16 heavy (non-hydrogen) atoms.